The number of nitrogens with zero attached hydrogens (tertiary/aromatic N) is 2. The number of anilines is 3. The van der Waals surface area contributed by atoms with Crippen molar-refractivity contribution < 1.29 is 18.4 Å². The molecule has 9 nitrogen and oxygen atoms in total. The minimum Gasteiger partial charge on any atom is -0.355 e. The van der Waals surface area contributed by atoms with Crippen LogP contribution in [0, 0.1) is 0 Å². The molecule has 2 aliphatic rings. The Morgan fingerprint density at radius 3 is 2.64 bits per heavy atom. The molecular weight excluding hydrogens is 442 g/mol. The van der Waals surface area contributed by atoms with Gasteiger partial charge in [0.2, 0.25) is 5.91 Å². The summed E-state index contributed by atoms with van der Waals surface area (Å²) in [5.41, 5.74) is 4.12. The van der Waals surface area contributed by atoms with Gasteiger partial charge in [-0.1, -0.05) is 18.2 Å². The number of aromatic nitrogens is 2. The van der Waals surface area contributed by atoms with E-state index in [1.807, 2.05) is 30.3 Å². The molecule has 1 aliphatic heterocycles. The molecule has 1 amide bonds. The molecule has 1 aliphatic carbocycles. The average molecular weight is 466 g/mol. The monoisotopic (exact) mass is 465 g/mol. The predicted octanol–water partition coefficient (Wildman–Crippen LogP) is 3.49. The van der Waals surface area contributed by atoms with E-state index in [-0.39, 0.29) is 18.2 Å². The van der Waals surface area contributed by atoms with Gasteiger partial charge in [-0.3, -0.25) is 14.5 Å². The highest BCUT2D eigenvalue weighted by molar-refractivity contribution is 7.81. The molecule has 0 spiro atoms. The van der Waals surface area contributed by atoms with Gasteiger partial charge in [-0.05, 0) is 37.1 Å². The lowest BCUT2D eigenvalue weighted by atomic mass is 10.0. The molecule has 0 radical (unpaired) electrons. The van der Waals surface area contributed by atoms with Crippen LogP contribution in [0.5, 0.6) is 0 Å². The van der Waals surface area contributed by atoms with E-state index in [0.29, 0.717) is 47.8 Å². The number of amides is 1. The maximum Gasteiger partial charge on any atom is 0.222 e. The molecule has 1 aromatic carbocycles. The number of rotatable bonds is 6. The fourth-order valence-corrected chi connectivity index (χ4v) is 5.12. The van der Waals surface area contributed by atoms with Crippen LogP contribution in [0.15, 0.2) is 48.7 Å². The first-order chi connectivity index (χ1) is 15.9. The maximum absolute atomic E-state index is 13.3. The van der Waals surface area contributed by atoms with Crippen LogP contribution in [-0.2, 0) is 22.4 Å². The summed E-state index contributed by atoms with van der Waals surface area (Å²) in [6.45, 7) is 1.85. The Morgan fingerprint density at radius 2 is 1.97 bits per heavy atom. The first-order valence-corrected chi connectivity index (χ1v) is 11.7. The van der Waals surface area contributed by atoms with Gasteiger partial charge in [-0.2, -0.15) is 0 Å². The Kier molecular flexibility index (Phi) is 5.35. The summed E-state index contributed by atoms with van der Waals surface area (Å²) in [5.74, 6) is 0.0504. The smallest absolute Gasteiger partial charge is 0.222 e. The lowest BCUT2D eigenvalue weighted by molar-refractivity contribution is -0.114. The number of aromatic amines is 1. The number of nitrogens with one attached hydrogen (secondary N) is 3. The zero-order chi connectivity index (χ0) is 23.2. The number of para-hydroxylation sites is 1. The Balaban J connectivity index is 1.60. The van der Waals surface area contributed by atoms with Crippen LogP contribution >= 0.6 is 0 Å². The van der Waals surface area contributed by atoms with E-state index in [1.54, 1.807) is 23.2 Å². The van der Waals surface area contributed by atoms with Crippen molar-refractivity contribution >= 4 is 40.0 Å². The Labute approximate surface area is 192 Å². The molecular formula is C23H23N5O4S. The highest BCUT2D eigenvalue weighted by Gasteiger charge is 2.55. The van der Waals surface area contributed by atoms with Gasteiger partial charge >= 0.3 is 0 Å². The molecule has 1 unspecified atom stereocenters. The fraction of sp³-hybridized carbons (Fsp3) is 0.261. The average Bonchev–Trinajstić information content (AvgIpc) is 3.52. The topological polar surface area (TPSA) is 127 Å². The summed E-state index contributed by atoms with van der Waals surface area (Å²) >= 11 is -2.03. The number of H-pyrrole nitrogens is 1. The number of carbonyl (C=O) groups is 2. The largest absolute Gasteiger partial charge is 0.355 e. The van der Waals surface area contributed by atoms with E-state index >= 15 is 0 Å². The van der Waals surface area contributed by atoms with Crippen molar-refractivity contribution in [3.63, 3.8) is 0 Å². The van der Waals surface area contributed by atoms with E-state index < -0.39 is 16.0 Å². The number of benzene rings is 1. The maximum atomic E-state index is 13.3. The van der Waals surface area contributed by atoms with Crippen molar-refractivity contribution in [2.45, 2.75) is 31.2 Å². The van der Waals surface area contributed by atoms with Crippen molar-refractivity contribution in [3.05, 3.63) is 59.9 Å². The minimum absolute atomic E-state index is 0.0769. The van der Waals surface area contributed by atoms with Crippen LogP contribution in [0.4, 0.5) is 17.2 Å². The number of carbonyl (C=O) groups excluding carboxylic acids is 2. The first-order valence-electron chi connectivity index (χ1n) is 10.6. The van der Waals surface area contributed by atoms with Gasteiger partial charge in [0.15, 0.2) is 16.9 Å². The third-order valence-electron chi connectivity index (χ3n) is 6.01. The second kappa shape index (κ2) is 8.22. The van der Waals surface area contributed by atoms with Crippen molar-refractivity contribution in [1.29, 1.82) is 0 Å². The molecule has 1 fully saturated rings. The molecule has 10 heteroatoms. The minimum atomic E-state index is -2.03. The third kappa shape index (κ3) is 3.97. The van der Waals surface area contributed by atoms with Crippen LogP contribution in [0.1, 0.15) is 35.8 Å². The molecule has 4 N–H and O–H groups in total. The number of fused-ring (bicyclic) bond motifs is 1. The molecule has 2 aromatic heterocycles. The van der Waals surface area contributed by atoms with Gasteiger partial charge in [-0.25, -0.2) is 9.19 Å². The molecule has 33 heavy (non-hydrogen) atoms. The molecule has 170 valence electrons. The van der Waals surface area contributed by atoms with Gasteiger partial charge in [0, 0.05) is 36.6 Å². The lowest BCUT2D eigenvalue weighted by Gasteiger charge is -2.31. The number of Topliss-reactive ketones (excluding diaryl/α,β-unsaturated/α-hetero) is 1. The predicted molar refractivity (Wildman–Crippen MR) is 126 cm³/mol. The number of pyridine rings is 1. The van der Waals surface area contributed by atoms with Gasteiger partial charge in [0.1, 0.15) is 10.7 Å². The Morgan fingerprint density at radius 1 is 1.21 bits per heavy atom. The van der Waals surface area contributed by atoms with Gasteiger partial charge in [0.25, 0.3) is 0 Å². The van der Waals surface area contributed by atoms with Gasteiger partial charge < -0.3 is 20.2 Å². The summed E-state index contributed by atoms with van der Waals surface area (Å²) < 4.78 is 21.8. The number of hydrogen-bond donors (Lipinski definition) is 4. The second-order valence-corrected chi connectivity index (χ2v) is 9.56. The highest BCUT2D eigenvalue weighted by Crippen LogP contribution is 2.47. The molecule has 0 saturated heterocycles. The van der Waals surface area contributed by atoms with Crippen LogP contribution in [0.2, 0.25) is 0 Å². The van der Waals surface area contributed by atoms with E-state index in [1.165, 1.54) is 6.92 Å². The zero-order valence-corrected chi connectivity index (χ0v) is 18.7. The molecule has 0 bridgehead atoms. The molecule has 1 saturated carbocycles. The summed E-state index contributed by atoms with van der Waals surface area (Å²) in [4.78, 5) is 33.3. The standard InChI is InChI=1S/C23H23N5O4S/c1-14(29)25-19-11-15(7-10-24-19)21-22(26-16-5-3-2-4-6-16)20-17(27-21)12-28(13-18(20)30)23(8-9-23)33(31)32/h2-7,10-11,26-27H,8-9,12-13H2,1H3,(H,31,32)(H,24,25,29). The second-order valence-electron chi connectivity index (χ2n) is 8.31. The van der Waals surface area contributed by atoms with E-state index in [9.17, 15) is 18.4 Å². The summed E-state index contributed by atoms with van der Waals surface area (Å²) in [7, 11) is 0. The first kappa shape index (κ1) is 21.5. The molecule has 3 heterocycles. The zero-order valence-electron chi connectivity index (χ0n) is 17.9. The normalized spacial score (nSPS) is 17.8. The lowest BCUT2D eigenvalue weighted by Crippen LogP contribution is -2.46. The van der Waals surface area contributed by atoms with Crippen molar-refractivity contribution in [3.8, 4) is 11.3 Å². The number of hydrogen-bond acceptors (Lipinski definition) is 6. The van der Waals surface area contributed by atoms with Crippen LogP contribution < -0.4 is 10.6 Å². The summed E-state index contributed by atoms with van der Waals surface area (Å²) in [6.07, 6.45) is 2.77. The van der Waals surface area contributed by atoms with Crippen molar-refractivity contribution in [2.75, 3.05) is 17.2 Å². The molecule has 5 rings (SSSR count). The summed E-state index contributed by atoms with van der Waals surface area (Å²) in [6, 6.07) is 13.1. The number of ketones is 1. The van der Waals surface area contributed by atoms with Crippen LogP contribution in [-0.4, -0.2) is 46.7 Å². The van der Waals surface area contributed by atoms with E-state index in [4.69, 9.17) is 0 Å². The quantitative estimate of drug-likeness (QED) is 0.410. The Bertz CT molecular complexity index is 1270. The fourth-order valence-electron chi connectivity index (χ4n) is 4.32. The van der Waals surface area contributed by atoms with E-state index in [0.717, 1.165) is 11.3 Å². The third-order valence-corrected chi connectivity index (χ3v) is 7.33. The van der Waals surface area contributed by atoms with Gasteiger partial charge in [0.05, 0.1) is 23.5 Å². The van der Waals surface area contributed by atoms with E-state index in [2.05, 4.69) is 20.6 Å². The SMILES string of the molecule is CC(=O)Nc1cc(-c2[nH]c3c(c2Nc2ccccc2)C(=O)CN(C2(S(=O)O)CC2)C3)ccn1. The van der Waals surface area contributed by atoms with Crippen LogP contribution in [0.25, 0.3) is 11.3 Å². The highest BCUT2D eigenvalue weighted by atomic mass is 32.2. The molecule has 3 aromatic rings. The summed E-state index contributed by atoms with van der Waals surface area (Å²) in [5, 5.41) is 6.06. The van der Waals surface area contributed by atoms with Crippen molar-refractivity contribution in [2.24, 2.45) is 0 Å². The molecule has 1 atom stereocenters. The van der Waals surface area contributed by atoms with Crippen LogP contribution in [0.3, 0.4) is 0 Å². The van der Waals surface area contributed by atoms with Crippen molar-refractivity contribution in [1.82, 2.24) is 14.9 Å². The van der Waals surface area contributed by atoms with Gasteiger partial charge in [-0.15, -0.1) is 0 Å². The Hall–Kier alpha value is -3.34.